The van der Waals surface area contributed by atoms with E-state index in [2.05, 4.69) is 289 Å². The molecule has 3 aliphatic rings. The van der Waals surface area contributed by atoms with Gasteiger partial charge in [0.25, 0.3) is 0 Å². The molecule has 0 radical (unpaired) electrons. The summed E-state index contributed by atoms with van der Waals surface area (Å²) in [5, 5.41) is 7.35. The van der Waals surface area contributed by atoms with Gasteiger partial charge in [0.05, 0.1) is 0 Å². The summed E-state index contributed by atoms with van der Waals surface area (Å²) in [5.74, 6) is 0. The normalized spacial score (nSPS) is 13.3. The molecule has 0 saturated carbocycles. The predicted octanol–water partition coefficient (Wildman–Crippen LogP) is 21.6. The molecule has 0 amide bonds. The Morgan fingerprint density at radius 1 is 0.263 bits per heavy atom. The van der Waals surface area contributed by atoms with Crippen molar-refractivity contribution < 1.29 is 0 Å². The molecule has 0 saturated heterocycles. The van der Waals surface area contributed by atoms with Crippen LogP contribution >= 0.6 is 0 Å². The summed E-state index contributed by atoms with van der Waals surface area (Å²) >= 11 is 0. The van der Waals surface area contributed by atoms with E-state index in [0.717, 1.165) is 72.6 Å². The second-order valence-electron chi connectivity index (χ2n) is 21.7. The average Bonchev–Trinajstić information content (AvgIpc) is 3.62. The predicted molar refractivity (Wildman–Crippen MR) is 342 cm³/mol. The molecule has 2 heteroatoms. The lowest BCUT2D eigenvalue weighted by atomic mass is 9.85. The lowest BCUT2D eigenvalue weighted by molar-refractivity contribution is 0.984. The Balaban J connectivity index is 0.935. The van der Waals surface area contributed by atoms with Crippen LogP contribution in [0.15, 0.2) is 261 Å². The zero-order chi connectivity index (χ0) is 52.9. The van der Waals surface area contributed by atoms with Crippen molar-refractivity contribution in [3.8, 4) is 44.5 Å². The quantitative estimate of drug-likeness (QED) is 0.126. The van der Waals surface area contributed by atoms with Crippen molar-refractivity contribution in [1.82, 2.24) is 0 Å². The highest BCUT2D eigenvalue weighted by molar-refractivity contribution is 6.22. The Kier molecular flexibility index (Phi) is 12.0. The molecule has 2 nitrogen and oxygen atoms in total. The lowest BCUT2D eigenvalue weighted by Gasteiger charge is -2.29. The van der Waals surface area contributed by atoms with Crippen molar-refractivity contribution in [3.63, 3.8) is 0 Å². The lowest BCUT2D eigenvalue weighted by Crippen LogP contribution is -2.11. The van der Waals surface area contributed by atoms with Crippen LogP contribution in [0.4, 0.5) is 34.1 Å². The first-order valence-corrected chi connectivity index (χ1v) is 28.5. The Bertz CT molecular complexity index is 4440. The van der Waals surface area contributed by atoms with Gasteiger partial charge in [0, 0.05) is 34.1 Å². The van der Waals surface area contributed by atoms with Crippen LogP contribution in [0, 0.1) is 0 Å². The fraction of sp³-hybridized carbons (Fsp3) is 0.0769. The smallest absolute Gasteiger partial charge is 0.0468 e. The topological polar surface area (TPSA) is 6.48 Å². The molecule has 12 aromatic carbocycles. The fourth-order valence-electron chi connectivity index (χ4n) is 13.1. The molecule has 3 aliphatic carbocycles. The molecule has 0 spiro atoms. The third kappa shape index (κ3) is 8.52. The number of fused-ring (bicyclic) bond motifs is 6. The maximum atomic E-state index is 2.48. The van der Waals surface area contributed by atoms with E-state index in [-0.39, 0.29) is 0 Å². The fourth-order valence-corrected chi connectivity index (χ4v) is 13.1. The maximum absolute atomic E-state index is 2.48. The number of hydrogen-bond acceptors (Lipinski definition) is 2. The third-order valence-electron chi connectivity index (χ3n) is 17.0. The highest BCUT2D eigenvalue weighted by atomic mass is 15.1. The van der Waals surface area contributed by atoms with E-state index in [1.807, 2.05) is 0 Å². The maximum Gasteiger partial charge on any atom is 0.0468 e. The monoisotopic (exact) mass is 1020 g/mol. The van der Waals surface area contributed by atoms with Gasteiger partial charge in [-0.3, -0.25) is 0 Å². The number of hydrogen-bond donors (Lipinski definition) is 0. The summed E-state index contributed by atoms with van der Waals surface area (Å²) in [6.07, 6.45) is 20.0. The average molecular weight is 1020 g/mol. The Labute approximate surface area is 469 Å². The van der Waals surface area contributed by atoms with E-state index < -0.39 is 0 Å². The summed E-state index contributed by atoms with van der Waals surface area (Å²) in [6.45, 7) is 0. The van der Waals surface area contributed by atoms with E-state index in [1.165, 1.54) is 110 Å². The molecule has 0 bridgehead atoms. The zero-order valence-electron chi connectivity index (χ0n) is 44.7. The third-order valence-corrected chi connectivity index (χ3v) is 17.0. The van der Waals surface area contributed by atoms with Crippen LogP contribution in [0.5, 0.6) is 0 Å². The van der Waals surface area contributed by atoms with Gasteiger partial charge in [-0.05, 0) is 222 Å². The summed E-state index contributed by atoms with van der Waals surface area (Å²) in [4.78, 5) is 4.95. The molecule has 0 fully saturated rings. The largest absolute Gasteiger partial charge is 0.310 e. The Morgan fingerprint density at radius 2 is 0.700 bits per heavy atom. The van der Waals surface area contributed by atoms with Crippen LogP contribution in [0.3, 0.4) is 0 Å². The van der Waals surface area contributed by atoms with Gasteiger partial charge in [-0.15, -0.1) is 0 Å². The minimum Gasteiger partial charge on any atom is -0.310 e. The molecule has 0 N–H and O–H groups in total. The zero-order valence-corrected chi connectivity index (χ0v) is 44.7. The van der Waals surface area contributed by atoms with Crippen LogP contribution in [0.2, 0.25) is 0 Å². The molecule has 380 valence electrons. The standard InChI is InChI=1S/C78H58N2/c1-3-21-59(22-4-1)77-73-47-45-68(80(66-44-34-54-18-8-10-26-62(54)50-66)64-41-37-58(38-42-64)72-32-16-28-56-20-12-14-30-70(56)72)52-76(73)78(60-23-5-2-6-24-60)74-48-46-67(51-75(74)77)79(65-43-33-53-17-7-9-25-61(53)49-65)63-39-35-57(36-40-63)71-31-15-27-55-19-11-13-29-69(55)71/h1-8,11-13,15-24,27-29,31-52H,9-10,14,25-26,30H2. The van der Waals surface area contributed by atoms with Crippen molar-refractivity contribution in [2.75, 3.05) is 9.80 Å². The number of rotatable bonds is 10. The van der Waals surface area contributed by atoms with Gasteiger partial charge in [0.15, 0.2) is 0 Å². The highest BCUT2D eigenvalue weighted by Gasteiger charge is 2.24. The minimum absolute atomic E-state index is 1.03. The van der Waals surface area contributed by atoms with Gasteiger partial charge in [0.2, 0.25) is 0 Å². The number of allylic oxidation sites excluding steroid dienone is 3. The molecule has 15 rings (SSSR count). The molecular formula is C78H58N2. The van der Waals surface area contributed by atoms with Crippen molar-refractivity contribution in [1.29, 1.82) is 0 Å². The first kappa shape index (κ1) is 47.5. The van der Waals surface area contributed by atoms with Crippen LogP contribution < -0.4 is 9.80 Å². The van der Waals surface area contributed by atoms with Crippen molar-refractivity contribution >= 4 is 84.7 Å². The molecule has 0 unspecified atom stereocenters. The van der Waals surface area contributed by atoms with Crippen LogP contribution in [-0.2, 0) is 19.3 Å². The van der Waals surface area contributed by atoms with Crippen molar-refractivity contribution in [2.24, 2.45) is 0 Å². The summed E-state index contributed by atoms with van der Waals surface area (Å²) in [6, 6.07) is 91.2. The van der Waals surface area contributed by atoms with Crippen LogP contribution in [0.25, 0.3) is 95.1 Å². The minimum atomic E-state index is 1.03. The van der Waals surface area contributed by atoms with Gasteiger partial charge < -0.3 is 9.80 Å². The van der Waals surface area contributed by atoms with Crippen LogP contribution in [-0.4, -0.2) is 0 Å². The summed E-state index contributed by atoms with van der Waals surface area (Å²) in [7, 11) is 0. The number of nitrogens with zero attached hydrogens (tertiary/aromatic N) is 2. The van der Waals surface area contributed by atoms with Gasteiger partial charge in [-0.2, -0.15) is 0 Å². The van der Waals surface area contributed by atoms with E-state index >= 15 is 0 Å². The first-order chi connectivity index (χ1) is 39.7. The number of aryl methyl sites for hydroxylation is 2. The molecule has 0 aromatic heterocycles. The Morgan fingerprint density at radius 3 is 1.27 bits per heavy atom. The van der Waals surface area contributed by atoms with E-state index in [4.69, 9.17) is 0 Å². The molecular weight excluding hydrogens is 965 g/mol. The van der Waals surface area contributed by atoms with Crippen LogP contribution in [0.1, 0.15) is 52.6 Å². The SMILES string of the molecule is C1=Cc2ccc(N(c3ccc(-c4cccc5c4CCC=C5)cc3)c3ccc4c(-c5ccccc5)c5cc(N(c6ccc(-c7cccc8ccccc78)cc6)c6ccc7c(c6)CCC=C7)ccc5c(-c5ccccc5)c4c3)cc2CC1. The number of anilines is 6. The highest BCUT2D eigenvalue weighted by Crippen LogP contribution is 2.49. The van der Waals surface area contributed by atoms with Gasteiger partial charge >= 0.3 is 0 Å². The molecule has 80 heavy (non-hydrogen) atoms. The van der Waals surface area contributed by atoms with Gasteiger partial charge in [-0.25, -0.2) is 0 Å². The first-order valence-electron chi connectivity index (χ1n) is 28.5. The number of benzene rings is 12. The molecule has 0 aliphatic heterocycles. The Hall–Kier alpha value is -9.76. The molecule has 12 aromatic rings. The second-order valence-corrected chi connectivity index (χ2v) is 21.7. The van der Waals surface area contributed by atoms with E-state index in [1.54, 1.807) is 0 Å². The second kappa shape index (κ2) is 20.2. The summed E-state index contributed by atoms with van der Waals surface area (Å²) in [5.41, 5.74) is 24.8. The van der Waals surface area contributed by atoms with Crippen molar-refractivity contribution in [3.05, 3.63) is 294 Å². The van der Waals surface area contributed by atoms with Gasteiger partial charge in [0.1, 0.15) is 0 Å². The molecule has 0 heterocycles. The molecule has 0 atom stereocenters. The van der Waals surface area contributed by atoms with Crippen molar-refractivity contribution in [2.45, 2.75) is 38.5 Å². The van der Waals surface area contributed by atoms with E-state index in [0.29, 0.717) is 0 Å². The summed E-state index contributed by atoms with van der Waals surface area (Å²) < 4.78 is 0. The van der Waals surface area contributed by atoms with E-state index in [9.17, 15) is 0 Å². The van der Waals surface area contributed by atoms with Gasteiger partial charge in [-0.1, -0.05) is 206 Å².